The summed E-state index contributed by atoms with van der Waals surface area (Å²) in [6, 6.07) is 21.5. The monoisotopic (exact) mass is 627 g/mol. The summed E-state index contributed by atoms with van der Waals surface area (Å²) in [4.78, 5) is 2.15. The van der Waals surface area contributed by atoms with Crippen molar-refractivity contribution in [3.8, 4) is 16.9 Å². The van der Waals surface area contributed by atoms with Crippen LogP contribution < -0.4 is 14.2 Å². The second-order valence-corrected chi connectivity index (χ2v) is 12.8. The minimum Gasteiger partial charge on any atom is -0.799 e. The van der Waals surface area contributed by atoms with E-state index in [0.29, 0.717) is 60.2 Å². The molecule has 0 N–H and O–H groups in total. The molecule has 1 aliphatic rings. The highest BCUT2D eigenvalue weighted by Crippen LogP contribution is 2.41. The van der Waals surface area contributed by atoms with Crippen LogP contribution in [0.1, 0.15) is 38.5 Å². The largest absolute Gasteiger partial charge is 0.799 e. The predicted molar refractivity (Wildman–Crippen MR) is 165 cm³/mol. The van der Waals surface area contributed by atoms with Gasteiger partial charge in [0.1, 0.15) is 5.75 Å². The lowest BCUT2D eigenvalue weighted by atomic mass is 10.1. The van der Waals surface area contributed by atoms with E-state index in [2.05, 4.69) is 11.8 Å². The molecule has 8 nitrogen and oxygen atoms in total. The Morgan fingerprint density at radius 1 is 1.10 bits per heavy atom. The number of nitrogens with zero attached hydrogens (tertiary/aromatic N) is 2. The molecule has 11 heteroatoms. The van der Waals surface area contributed by atoms with Crippen LogP contribution in [0, 0.1) is 0 Å². The third kappa shape index (κ3) is 7.30. The number of benzene rings is 3. The highest BCUT2D eigenvalue weighted by atomic mass is 35.5. The zero-order chi connectivity index (χ0) is 29.7. The van der Waals surface area contributed by atoms with Gasteiger partial charge in [-0.2, -0.15) is 4.57 Å². The first-order valence-corrected chi connectivity index (χ1v) is 16.7. The second-order valence-electron chi connectivity index (χ2n) is 10.2. The van der Waals surface area contributed by atoms with E-state index in [1.807, 2.05) is 71.3 Å². The maximum Gasteiger partial charge on any atom is 0.374 e. The van der Waals surface area contributed by atoms with E-state index >= 15 is 0 Å². The molecule has 2 heterocycles. The van der Waals surface area contributed by atoms with Gasteiger partial charge in [-0.15, -0.1) is 0 Å². The molecule has 42 heavy (non-hydrogen) atoms. The Kier molecular flexibility index (Phi) is 9.80. The van der Waals surface area contributed by atoms with Crippen LogP contribution in [-0.2, 0) is 16.7 Å². The van der Waals surface area contributed by atoms with Gasteiger partial charge in [0.25, 0.3) is 5.52 Å². The molecule has 3 aromatic carbocycles. The molecule has 0 amide bonds. The highest BCUT2D eigenvalue weighted by molar-refractivity contribution is 7.93. The summed E-state index contributed by atoms with van der Waals surface area (Å²) in [5.74, 6) is 1.37. The first kappa shape index (κ1) is 30.4. The SMILES string of the molecule is CC/C(=C\c1oc2ccc(-c3ccccc3)cc2[n+]1CCCS(=O)(=O)[O-])CC1Oc2ccc(Cl)cc2N1CCCS[O-]. The van der Waals surface area contributed by atoms with Crippen LogP contribution in [0.25, 0.3) is 28.3 Å². The topological polar surface area (TPSA) is 110 Å². The number of ether oxygens (including phenoxy) is 1. The number of halogens is 1. The summed E-state index contributed by atoms with van der Waals surface area (Å²) in [6.45, 7) is 3.02. The van der Waals surface area contributed by atoms with Gasteiger partial charge in [0.15, 0.2) is 12.8 Å². The standard InChI is InChI=1S/C31H33ClN2O6S2/c1-2-22(18-30-33(14-6-16-41-35)27-21-25(32)11-13-29(27)40-30)19-31-34(15-7-17-42(36,37)38)26-20-24(10-12-28(26)39-31)23-8-4-3-5-9-23/h3-5,8-13,19-21,30H,2,6-7,14-18H2,1H3,(H-,35,36,37,38)/p-1/b22-19+. The Labute approximate surface area is 255 Å². The number of aromatic nitrogens is 1. The highest BCUT2D eigenvalue weighted by Gasteiger charge is 2.32. The Morgan fingerprint density at radius 2 is 1.90 bits per heavy atom. The number of oxazole rings is 1. The minimum atomic E-state index is -4.35. The summed E-state index contributed by atoms with van der Waals surface area (Å²) in [7, 11) is -4.35. The van der Waals surface area contributed by atoms with Crippen LogP contribution >= 0.6 is 23.6 Å². The first-order chi connectivity index (χ1) is 20.3. The molecule has 0 saturated heterocycles. The molecule has 0 bridgehead atoms. The maximum atomic E-state index is 11.4. The number of fused-ring (bicyclic) bond motifs is 2. The molecule has 0 aliphatic carbocycles. The van der Waals surface area contributed by atoms with Crippen molar-refractivity contribution in [1.82, 2.24) is 0 Å². The fourth-order valence-corrected chi connectivity index (χ4v) is 6.14. The van der Waals surface area contributed by atoms with Crippen molar-refractivity contribution >= 4 is 56.6 Å². The second kappa shape index (κ2) is 13.5. The molecule has 4 aromatic rings. The quantitative estimate of drug-likeness (QED) is 0.0702. The van der Waals surface area contributed by atoms with Crippen LogP contribution in [0.2, 0.25) is 5.02 Å². The molecule has 1 unspecified atom stereocenters. The lowest BCUT2D eigenvalue weighted by Crippen LogP contribution is -2.37. The van der Waals surface area contributed by atoms with Crippen LogP contribution in [0.4, 0.5) is 5.69 Å². The van der Waals surface area contributed by atoms with Crippen LogP contribution in [0.5, 0.6) is 5.75 Å². The van der Waals surface area contributed by atoms with Gasteiger partial charge in [0, 0.05) is 36.2 Å². The van der Waals surface area contributed by atoms with Gasteiger partial charge in [-0.1, -0.05) is 60.5 Å². The number of hydrogen-bond donors (Lipinski definition) is 0. The molecule has 1 atom stereocenters. The van der Waals surface area contributed by atoms with E-state index in [1.54, 1.807) is 6.07 Å². The summed E-state index contributed by atoms with van der Waals surface area (Å²) in [6.07, 6.45) is 3.88. The number of rotatable bonds is 13. The average Bonchev–Trinajstić information content (AvgIpc) is 3.49. The summed E-state index contributed by atoms with van der Waals surface area (Å²) in [5.41, 5.74) is 5.51. The van der Waals surface area contributed by atoms with Crippen molar-refractivity contribution in [1.29, 1.82) is 0 Å². The van der Waals surface area contributed by atoms with Crippen LogP contribution in [0.3, 0.4) is 0 Å². The molecule has 0 fully saturated rings. The first-order valence-electron chi connectivity index (χ1n) is 13.9. The molecular weight excluding hydrogens is 596 g/mol. The Balaban J connectivity index is 1.48. The van der Waals surface area contributed by atoms with Gasteiger partial charge in [0.05, 0.1) is 21.9 Å². The number of hydrogen-bond acceptors (Lipinski definition) is 8. The molecule has 0 saturated carbocycles. The summed E-state index contributed by atoms with van der Waals surface area (Å²) in [5, 5.41) is 0.616. The van der Waals surface area contributed by atoms with E-state index in [-0.39, 0.29) is 12.6 Å². The third-order valence-corrected chi connectivity index (χ3v) is 8.78. The zero-order valence-electron chi connectivity index (χ0n) is 23.2. The van der Waals surface area contributed by atoms with Crippen LogP contribution in [0.15, 0.2) is 76.7 Å². The zero-order valence-corrected chi connectivity index (χ0v) is 25.6. The lowest BCUT2D eigenvalue weighted by molar-refractivity contribution is -0.677. The molecular formula is C31H32ClN2O6S2-. The number of anilines is 1. The van der Waals surface area contributed by atoms with E-state index in [9.17, 15) is 17.5 Å². The van der Waals surface area contributed by atoms with Gasteiger partial charge in [-0.25, -0.2) is 8.42 Å². The maximum absolute atomic E-state index is 11.4. The fourth-order valence-electron chi connectivity index (χ4n) is 5.24. The minimum absolute atomic E-state index is 0.163. The fraction of sp³-hybridized carbons (Fsp3) is 0.323. The van der Waals surface area contributed by atoms with E-state index in [0.717, 1.165) is 40.1 Å². The van der Waals surface area contributed by atoms with E-state index in [1.165, 1.54) is 0 Å². The van der Waals surface area contributed by atoms with E-state index in [4.69, 9.17) is 20.8 Å². The van der Waals surface area contributed by atoms with E-state index < -0.39 is 15.9 Å². The van der Waals surface area contributed by atoms with Crippen molar-refractivity contribution in [2.45, 2.75) is 45.4 Å². The molecule has 5 rings (SSSR count). The Hall–Kier alpha value is -3.02. The van der Waals surface area contributed by atoms with Gasteiger partial charge in [-0.3, -0.25) is 12.0 Å². The predicted octanol–water partition coefficient (Wildman–Crippen LogP) is 6.64. The van der Waals surface area contributed by atoms with Crippen LogP contribution in [-0.4, -0.2) is 41.8 Å². The van der Waals surface area contributed by atoms with Gasteiger partial charge in [0.2, 0.25) is 5.58 Å². The van der Waals surface area contributed by atoms with Crippen molar-refractivity contribution in [2.24, 2.45) is 0 Å². The smallest absolute Gasteiger partial charge is 0.374 e. The molecule has 1 aromatic heterocycles. The molecule has 1 aliphatic heterocycles. The average molecular weight is 628 g/mol. The van der Waals surface area contributed by atoms with Gasteiger partial charge >= 0.3 is 5.89 Å². The normalized spacial score (nSPS) is 15.3. The van der Waals surface area contributed by atoms with Crippen molar-refractivity contribution in [3.63, 3.8) is 0 Å². The van der Waals surface area contributed by atoms with Crippen molar-refractivity contribution in [3.05, 3.63) is 83.2 Å². The Morgan fingerprint density at radius 3 is 2.64 bits per heavy atom. The van der Waals surface area contributed by atoms with Gasteiger partial charge < -0.3 is 23.2 Å². The summed E-state index contributed by atoms with van der Waals surface area (Å²) >= 11 is 6.87. The molecule has 222 valence electrons. The number of aryl methyl sites for hydroxylation is 1. The molecule has 0 radical (unpaired) electrons. The molecule has 0 spiro atoms. The lowest BCUT2D eigenvalue weighted by Gasteiger charge is -2.26. The third-order valence-electron chi connectivity index (χ3n) is 7.30. The van der Waals surface area contributed by atoms with Crippen molar-refractivity contribution in [2.75, 3.05) is 23.0 Å². The Bertz CT molecular complexity index is 1670. The van der Waals surface area contributed by atoms with Gasteiger partial charge in [-0.05, 0) is 54.0 Å². The van der Waals surface area contributed by atoms with Crippen molar-refractivity contribution < 1.29 is 31.2 Å². The summed E-state index contributed by atoms with van der Waals surface area (Å²) < 4.78 is 59.7.